The summed E-state index contributed by atoms with van der Waals surface area (Å²) >= 11 is 0. The average Bonchev–Trinajstić information content (AvgIpc) is 3.82. The minimum Gasteiger partial charge on any atom is -0.376 e. The molecule has 3 heteroatoms. The van der Waals surface area contributed by atoms with E-state index in [1.54, 1.807) is 0 Å². The van der Waals surface area contributed by atoms with Crippen molar-refractivity contribution in [3.8, 4) is 39.1 Å². The third-order valence-electron chi connectivity index (χ3n) is 17.9. The van der Waals surface area contributed by atoms with Gasteiger partial charge in [-0.2, -0.15) is 0 Å². The summed E-state index contributed by atoms with van der Waals surface area (Å²) in [6.45, 7) is 33.9. The summed E-state index contributed by atoms with van der Waals surface area (Å²) in [5, 5.41) is 2.80. The molecule has 2 nitrogen and oxygen atoms in total. The standard InChI is InChI=1S/C64H65BN2/c1-59(2,3)36-23-26-38(27-24-36)67-51-35-48-47(61(7,8)29-30-62(48,9)10)32-43(51)54-53-40-20-16-18-22-45(40)64(13,14)56(53)55-42-31-37(60(4,5)6)25-28-50(42)66-52-33-41-39-19-15-17-21-44(39)63(11,12)46(41)34-49(52)65(67)57(54)58(55)66/h15-28,31-35H,29-30H2,1-14H3. The summed E-state index contributed by atoms with van der Waals surface area (Å²) in [5.74, 6) is 0. The molecule has 0 unspecified atom stereocenters. The molecular weight excluding hydrogens is 808 g/mol. The first kappa shape index (κ1) is 41.4. The van der Waals surface area contributed by atoms with E-state index in [-0.39, 0.29) is 39.3 Å². The van der Waals surface area contributed by atoms with Gasteiger partial charge in [0.15, 0.2) is 0 Å². The van der Waals surface area contributed by atoms with Crippen LogP contribution >= 0.6 is 0 Å². The summed E-state index contributed by atoms with van der Waals surface area (Å²) < 4.78 is 2.74. The van der Waals surface area contributed by atoms with E-state index in [4.69, 9.17) is 0 Å². The molecule has 0 fully saturated rings. The lowest BCUT2D eigenvalue weighted by Crippen LogP contribution is -2.61. The first-order valence-corrected chi connectivity index (χ1v) is 25.2. The SMILES string of the molecule is CC(C)(C)c1ccc(N2B3c4cc5c(cc4-n4c6ccc(C(C)(C)C)cc6c6c7c(c(c3c64)-c3cc4c(cc32)C(C)(C)CCC4(C)C)-c2ccccc2C7(C)C)-c2ccccc2C5(C)C)cc1. The van der Waals surface area contributed by atoms with E-state index in [0.29, 0.717) is 0 Å². The Morgan fingerprint density at radius 2 is 1.09 bits per heavy atom. The first-order chi connectivity index (χ1) is 31.5. The van der Waals surface area contributed by atoms with Crippen molar-refractivity contribution in [1.82, 2.24) is 4.57 Å². The maximum absolute atomic E-state index is 2.81. The molecule has 13 rings (SSSR count). The molecule has 67 heavy (non-hydrogen) atoms. The maximum Gasteiger partial charge on any atom is 0.333 e. The zero-order chi connectivity index (χ0) is 46.9. The number of rotatable bonds is 1. The number of hydrogen-bond acceptors (Lipinski definition) is 1. The summed E-state index contributed by atoms with van der Waals surface area (Å²) in [6, 6.07) is 46.5. The molecule has 8 aromatic rings. The van der Waals surface area contributed by atoms with Gasteiger partial charge in [0.05, 0.1) is 11.0 Å². The highest BCUT2D eigenvalue weighted by atomic mass is 15.1. The van der Waals surface area contributed by atoms with Gasteiger partial charge in [-0.05, 0) is 160 Å². The molecule has 1 aromatic heterocycles. The quantitative estimate of drug-likeness (QED) is 0.149. The van der Waals surface area contributed by atoms with Gasteiger partial charge in [0.1, 0.15) is 0 Å². The second kappa shape index (κ2) is 12.6. The lowest BCUT2D eigenvalue weighted by atomic mass is 9.43. The molecule has 2 aliphatic heterocycles. The molecule has 0 N–H and O–H groups in total. The van der Waals surface area contributed by atoms with Crippen LogP contribution < -0.4 is 15.7 Å². The van der Waals surface area contributed by atoms with Crippen LogP contribution in [0.4, 0.5) is 11.4 Å². The van der Waals surface area contributed by atoms with Crippen LogP contribution in [0.2, 0.25) is 0 Å². The Balaban J connectivity index is 1.29. The van der Waals surface area contributed by atoms with Gasteiger partial charge in [-0.25, -0.2) is 0 Å². The van der Waals surface area contributed by atoms with Crippen LogP contribution in [0.5, 0.6) is 0 Å². The van der Waals surface area contributed by atoms with Crippen molar-refractivity contribution in [2.24, 2.45) is 0 Å². The Labute approximate surface area is 399 Å². The number of benzene rings is 7. The fourth-order valence-corrected chi connectivity index (χ4v) is 14.0. The van der Waals surface area contributed by atoms with E-state index in [1.807, 2.05) is 0 Å². The highest BCUT2D eigenvalue weighted by Gasteiger charge is 2.52. The van der Waals surface area contributed by atoms with Gasteiger partial charge in [0.2, 0.25) is 0 Å². The molecule has 3 aliphatic carbocycles. The third-order valence-corrected chi connectivity index (χ3v) is 17.9. The van der Waals surface area contributed by atoms with Crippen LogP contribution in [0.1, 0.15) is 154 Å². The Hall–Kier alpha value is -5.80. The molecule has 7 aromatic carbocycles. The Morgan fingerprint density at radius 3 is 1.75 bits per heavy atom. The van der Waals surface area contributed by atoms with Crippen molar-refractivity contribution < 1.29 is 0 Å². The topological polar surface area (TPSA) is 8.17 Å². The van der Waals surface area contributed by atoms with E-state index in [0.717, 1.165) is 0 Å². The minimum atomic E-state index is -0.232. The van der Waals surface area contributed by atoms with Gasteiger partial charge in [-0.3, -0.25) is 0 Å². The maximum atomic E-state index is 2.81. The van der Waals surface area contributed by atoms with Gasteiger partial charge in [-0.15, -0.1) is 0 Å². The van der Waals surface area contributed by atoms with Gasteiger partial charge in [0.25, 0.3) is 0 Å². The van der Waals surface area contributed by atoms with Crippen LogP contribution in [0.25, 0.3) is 60.9 Å². The molecule has 0 radical (unpaired) electrons. The van der Waals surface area contributed by atoms with Crippen molar-refractivity contribution in [2.75, 3.05) is 4.81 Å². The third kappa shape index (κ3) is 5.19. The summed E-state index contributed by atoms with van der Waals surface area (Å²) in [6.07, 6.45) is 2.35. The lowest BCUT2D eigenvalue weighted by molar-refractivity contribution is 0.332. The Morgan fingerprint density at radius 1 is 0.493 bits per heavy atom. The van der Waals surface area contributed by atoms with Crippen molar-refractivity contribution in [1.29, 1.82) is 0 Å². The van der Waals surface area contributed by atoms with Gasteiger partial charge in [-0.1, -0.05) is 170 Å². The van der Waals surface area contributed by atoms with Crippen LogP contribution in [0.15, 0.2) is 115 Å². The number of anilines is 2. The predicted octanol–water partition coefficient (Wildman–Crippen LogP) is 15.6. The molecule has 3 heterocycles. The molecule has 0 saturated heterocycles. The monoisotopic (exact) mass is 873 g/mol. The molecule has 0 spiro atoms. The van der Waals surface area contributed by atoms with E-state index in [1.165, 1.54) is 141 Å². The van der Waals surface area contributed by atoms with Crippen molar-refractivity contribution in [3.63, 3.8) is 0 Å². The number of aromatic nitrogens is 1. The molecule has 334 valence electrons. The predicted molar refractivity (Wildman–Crippen MR) is 288 cm³/mol. The minimum absolute atomic E-state index is 0.0101. The zero-order valence-electron chi connectivity index (χ0n) is 42.4. The Kier molecular flexibility index (Phi) is 7.81. The van der Waals surface area contributed by atoms with Gasteiger partial charge in [0, 0.05) is 44.2 Å². The first-order valence-electron chi connectivity index (χ1n) is 25.2. The van der Waals surface area contributed by atoms with Crippen molar-refractivity contribution >= 4 is 51.0 Å². The molecule has 0 bridgehead atoms. The van der Waals surface area contributed by atoms with Crippen molar-refractivity contribution in [2.45, 2.75) is 142 Å². The van der Waals surface area contributed by atoms with E-state index >= 15 is 0 Å². The average molecular weight is 873 g/mol. The molecule has 0 atom stereocenters. The molecule has 0 amide bonds. The van der Waals surface area contributed by atoms with Crippen molar-refractivity contribution in [3.05, 3.63) is 160 Å². The Bertz CT molecular complexity index is 3540. The molecule has 0 saturated carbocycles. The molecular formula is C64H65BN2. The summed E-state index contributed by atoms with van der Waals surface area (Å²) in [7, 11) is 0. The largest absolute Gasteiger partial charge is 0.376 e. The van der Waals surface area contributed by atoms with E-state index in [2.05, 4.69) is 222 Å². The second-order valence-corrected chi connectivity index (χ2v) is 25.6. The van der Waals surface area contributed by atoms with Crippen LogP contribution in [-0.2, 0) is 32.5 Å². The fraction of sp³-hybridized carbons (Fsp3) is 0.344. The van der Waals surface area contributed by atoms with E-state index < -0.39 is 0 Å². The number of hydrogen-bond donors (Lipinski definition) is 0. The smallest absolute Gasteiger partial charge is 0.333 e. The fourth-order valence-electron chi connectivity index (χ4n) is 14.0. The highest BCUT2D eigenvalue weighted by Crippen LogP contribution is 2.61. The van der Waals surface area contributed by atoms with E-state index in [9.17, 15) is 0 Å². The van der Waals surface area contributed by atoms with Crippen LogP contribution in [0, 0.1) is 0 Å². The van der Waals surface area contributed by atoms with Gasteiger partial charge < -0.3 is 9.38 Å². The lowest BCUT2D eigenvalue weighted by Gasteiger charge is -2.47. The summed E-state index contributed by atoms with van der Waals surface area (Å²) in [4.78, 5) is 2.81. The number of nitrogens with zero attached hydrogens (tertiary/aromatic N) is 2. The highest BCUT2D eigenvalue weighted by molar-refractivity contribution is 6.94. The summed E-state index contributed by atoms with van der Waals surface area (Å²) in [5.41, 5.74) is 29.1. The van der Waals surface area contributed by atoms with Gasteiger partial charge >= 0.3 is 6.85 Å². The number of fused-ring (bicyclic) bond motifs is 17. The molecule has 5 aliphatic rings. The van der Waals surface area contributed by atoms with Crippen LogP contribution in [-0.4, -0.2) is 11.4 Å². The normalized spacial score (nSPS) is 18.3. The zero-order valence-corrected chi connectivity index (χ0v) is 42.4. The van der Waals surface area contributed by atoms with Crippen LogP contribution in [0.3, 0.4) is 0 Å². The second-order valence-electron chi connectivity index (χ2n) is 25.6.